The van der Waals surface area contributed by atoms with Crippen LogP contribution in [0.5, 0.6) is 0 Å². The van der Waals surface area contributed by atoms with E-state index >= 15 is 0 Å². The van der Waals surface area contributed by atoms with Gasteiger partial charge in [0.2, 0.25) is 33.8 Å². The van der Waals surface area contributed by atoms with Gasteiger partial charge in [0.1, 0.15) is 54.9 Å². The second kappa shape index (κ2) is 81.0. The number of likely N-dealkylation sites (tertiary alicyclic amines) is 3. The zero-order valence-electron chi connectivity index (χ0n) is 90.2. The van der Waals surface area contributed by atoms with E-state index in [9.17, 15) is 98.3 Å². The number of hydrogen-bond acceptors (Lipinski definition) is 41. The molecule has 0 aliphatic carbocycles. The SMILES string of the molecule is CC.COCC(COCCCOP(=O)(O)OC1CCN(C(=O)CCCCCC2OC(CO)C(O)C(O)C2NC(C)=O)CC1)(COCCCOP(=O)(O)OC1CCN(C(=O)CCCCOC2OC(CO)C(O)C(O)C2C)CC1)COCCCOP(=O)(O)OC1CCN(C(=O)CCCCOC2OC(CO)C(O)C(O)C2NC(C)=O)CC1.S=S.[2H]CCCOCC(COC)(COCCC[2H])COCCC[2H].[3H]OC.[3H]OC.[3H]OC. The van der Waals surface area contributed by atoms with Gasteiger partial charge in [-0.2, -0.15) is 0 Å². The summed E-state index contributed by atoms with van der Waals surface area (Å²) in [6, 6.07) is -1.97. The van der Waals surface area contributed by atoms with Crippen molar-refractivity contribution in [2.45, 2.75) is 307 Å². The first-order valence-electron chi connectivity index (χ1n) is 51.6. The number of nitrogens with zero attached hydrogens (tertiary/aromatic N) is 3. The van der Waals surface area contributed by atoms with E-state index in [-0.39, 0.29) is 206 Å². The van der Waals surface area contributed by atoms with Crippen LogP contribution in [0.25, 0.3) is 0 Å². The molecular formula is C89H176N5O42P3S2. The predicted molar refractivity (Wildman–Crippen MR) is 519 cm³/mol. The molecule has 6 fully saturated rings. The van der Waals surface area contributed by atoms with Crippen molar-refractivity contribution in [2.75, 3.05) is 220 Å². The van der Waals surface area contributed by atoms with Gasteiger partial charge < -0.3 is 163 Å². The summed E-state index contributed by atoms with van der Waals surface area (Å²) in [4.78, 5) is 99.7. The normalized spacial score (nSPS) is 25.7. The summed E-state index contributed by atoms with van der Waals surface area (Å²) in [6.45, 7) is 12.4. The monoisotopic (exact) mass is 2150 g/mol. The lowest BCUT2D eigenvalue weighted by Crippen LogP contribution is -2.64. The number of phosphoric ester groups is 3. The highest BCUT2D eigenvalue weighted by Crippen LogP contribution is 2.49. The van der Waals surface area contributed by atoms with Crippen LogP contribution in [0.2, 0.25) is 0 Å². The summed E-state index contributed by atoms with van der Waals surface area (Å²) in [5.74, 6) is -1.80. The van der Waals surface area contributed by atoms with Crippen molar-refractivity contribution in [3.63, 3.8) is 0 Å². The Balaban J connectivity index is 0.00000521. The molecular weight excluding hydrogens is 1970 g/mol. The van der Waals surface area contributed by atoms with Crippen molar-refractivity contribution in [3.05, 3.63) is 0 Å². The molecule has 141 heavy (non-hydrogen) atoms. The maximum Gasteiger partial charge on any atom is 0.472 e. The van der Waals surface area contributed by atoms with Crippen molar-refractivity contribution in [1.29, 1.82) is 4.29 Å². The summed E-state index contributed by atoms with van der Waals surface area (Å²) < 4.78 is 185. The van der Waals surface area contributed by atoms with Crippen molar-refractivity contribution >= 4 is 75.4 Å². The second-order valence-electron chi connectivity index (χ2n) is 34.1. The molecule has 0 bridgehead atoms. The Morgan fingerprint density at radius 2 is 0.709 bits per heavy atom. The molecule has 47 nitrogen and oxygen atoms in total. The second-order valence-corrected chi connectivity index (χ2v) is 38.3. The molecule has 6 aliphatic rings. The van der Waals surface area contributed by atoms with E-state index in [2.05, 4.69) is 48.3 Å². The van der Waals surface area contributed by atoms with E-state index in [1.54, 1.807) is 28.7 Å². The molecule has 0 aromatic carbocycles. The van der Waals surface area contributed by atoms with Crippen molar-refractivity contribution in [1.82, 2.24) is 25.3 Å². The minimum Gasteiger partial charge on any atom is -0.400 e. The average molecular weight is 2150 g/mol. The van der Waals surface area contributed by atoms with Crippen LogP contribution in [0.4, 0.5) is 0 Å². The minimum absolute atomic E-state index is 0.0176. The highest BCUT2D eigenvalue weighted by molar-refractivity contribution is 8.07. The highest BCUT2D eigenvalue weighted by atomic mass is 32.8. The lowest BCUT2D eigenvalue weighted by atomic mass is 9.90. The number of hydrogen-bond donors (Lipinski definition) is 17. The van der Waals surface area contributed by atoms with Crippen LogP contribution in [0.1, 0.15) is 207 Å². The van der Waals surface area contributed by atoms with Gasteiger partial charge in [0.25, 0.3) is 0 Å². The summed E-state index contributed by atoms with van der Waals surface area (Å²) in [5, 5.41) is 106. The van der Waals surface area contributed by atoms with Gasteiger partial charge in [-0.25, -0.2) is 13.7 Å². The number of piperidine rings is 3. The zero-order valence-corrected chi connectivity index (χ0v) is 88.5. The van der Waals surface area contributed by atoms with Gasteiger partial charge in [-0.05, 0) is 116 Å². The number of rotatable bonds is 66. The van der Waals surface area contributed by atoms with Gasteiger partial charge in [-0.15, -0.1) is 0 Å². The number of ether oxygens (including phenoxy) is 13. The lowest BCUT2D eigenvalue weighted by molar-refractivity contribution is -0.282. The van der Waals surface area contributed by atoms with Gasteiger partial charge in [-0.1, -0.05) is 54.3 Å². The van der Waals surface area contributed by atoms with Crippen molar-refractivity contribution < 1.29 is 206 Å². The van der Waals surface area contributed by atoms with Crippen LogP contribution in [0, 0.1) is 16.7 Å². The molecule has 6 saturated heterocycles. The predicted octanol–water partition coefficient (Wildman–Crippen LogP) is 2.29. The minimum atomic E-state index is -4.57. The maximum absolute atomic E-state index is 13.1. The molecule has 0 saturated carbocycles. The topological polar surface area (TPSA) is 649 Å². The fourth-order valence-electron chi connectivity index (χ4n) is 15.8. The fourth-order valence-corrected chi connectivity index (χ4v) is 18.8. The Bertz CT molecular complexity index is 3300. The Morgan fingerprint density at radius 3 is 1.04 bits per heavy atom. The third kappa shape index (κ3) is 56.2. The number of amides is 5. The van der Waals surface area contributed by atoms with Crippen molar-refractivity contribution in [3.8, 4) is 0 Å². The number of unbranched alkanes of at least 4 members (excludes halogenated alkanes) is 4. The lowest BCUT2D eigenvalue weighted by Gasteiger charge is -2.42. The number of nitrogens with one attached hydrogen (secondary N) is 2. The molecule has 19 atom stereocenters. The van der Waals surface area contributed by atoms with Crippen LogP contribution < -0.4 is 10.6 Å². The van der Waals surface area contributed by atoms with Gasteiger partial charge >= 0.3 is 23.5 Å². The van der Waals surface area contributed by atoms with Gasteiger partial charge in [0.05, 0.1) is 140 Å². The quantitative estimate of drug-likeness (QED) is 0.0307. The van der Waals surface area contributed by atoms with Crippen LogP contribution in [-0.4, -0.2) is 449 Å². The summed E-state index contributed by atoms with van der Waals surface area (Å²) >= 11 is 7.33. The number of phosphoric acid groups is 3. The smallest absolute Gasteiger partial charge is 0.400 e. The summed E-state index contributed by atoms with van der Waals surface area (Å²) in [7, 11) is -6.70. The first-order valence-corrected chi connectivity index (χ1v) is 54.1. The average Bonchev–Trinajstić information content (AvgIpc) is 0.813. The molecule has 836 valence electrons. The fraction of sp³-hybridized carbons (Fsp3) is 0.944. The molecule has 6 rings (SSSR count). The third-order valence-corrected chi connectivity index (χ3v) is 26.1. The third-order valence-electron chi connectivity index (χ3n) is 22.9. The molecule has 19 unspecified atom stereocenters. The van der Waals surface area contributed by atoms with E-state index in [0.717, 1.165) is 0 Å². The summed E-state index contributed by atoms with van der Waals surface area (Å²) in [5.41, 5.74) is -1.38. The molecule has 6 aliphatic heterocycles. The number of aliphatic hydroxyl groups excluding tert-OH is 12. The van der Waals surface area contributed by atoms with E-state index in [1.807, 2.05) is 13.8 Å². The molecule has 17 N–H and O–H groups in total. The Morgan fingerprint density at radius 1 is 0.411 bits per heavy atom. The number of carbonyl (C=O) groups is 5. The van der Waals surface area contributed by atoms with E-state index < -0.39 is 170 Å². The van der Waals surface area contributed by atoms with Gasteiger partial charge in [0.15, 0.2) is 12.6 Å². The van der Waals surface area contributed by atoms with Gasteiger partial charge in [0, 0.05) is 193 Å². The van der Waals surface area contributed by atoms with Gasteiger partial charge in [-0.3, -0.25) is 51.1 Å². The molecule has 0 aromatic heterocycles. The Kier molecular flexibility index (Phi) is 72.8. The van der Waals surface area contributed by atoms with Crippen LogP contribution in [0.15, 0.2) is 0 Å². The van der Waals surface area contributed by atoms with E-state index in [4.69, 9.17) is 97.1 Å². The summed E-state index contributed by atoms with van der Waals surface area (Å²) in [6.07, 6.45) is -7.04. The molecule has 52 heteroatoms. The largest absolute Gasteiger partial charge is 0.472 e. The number of methoxy groups -OCH3 is 2. The van der Waals surface area contributed by atoms with E-state index in [1.165, 1.54) is 42.3 Å². The first-order chi connectivity index (χ1) is 70.3. The van der Waals surface area contributed by atoms with E-state index in [0.29, 0.717) is 151 Å². The molecule has 6 heterocycles. The van der Waals surface area contributed by atoms with Crippen molar-refractivity contribution in [2.24, 2.45) is 16.7 Å². The first kappa shape index (κ1) is 127. The number of carbonyl (C=O) groups excluding carboxylic acids is 5. The Labute approximate surface area is 851 Å². The molecule has 0 aromatic rings. The van der Waals surface area contributed by atoms with Crippen LogP contribution >= 0.6 is 23.5 Å². The van der Waals surface area contributed by atoms with Crippen LogP contribution in [0.3, 0.4) is 0 Å². The van der Waals surface area contributed by atoms with Crippen LogP contribution in [-0.2, 0) is 149 Å². The zero-order chi connectivity index (χ0) is 111. The standard InChI is InChI=1S/C69H126N5O35P3.C15H32O4.C2H6.3CH4O.S2/c1-46-61(83)62(84)54(40-76)105-67(46)99-34-10-8-17-57(81)73-27-21-50(22-28-73)108-111(91,92)102-37-13-32-97-44-69(42-95-4,43-96-31-12-36-101-110(89,90)107-49-19-25-72(26-20-49)56(80)16-7-5-6-15-52-59(70-47(2)78)65(87)63(85)53(39-75)104-52)45-98-33-14-38-103-112(93,94)109-51-23-29-74(30-24-51)58(82)18-9-11-35-100-68-60(71-48(3)79)66(88)64(86)55(41-77)106-68;1-5-8-17-12-15(11-16-4,13-18-9-6-2)14-19-10-7-3;5*1-2/h46,49-55,59-68,75-77,83-88H,5-45H2,1-4H3,(H,70,78)(H,71,79)(H,89,90)(H,91,92)(H,93,94);5-14H2,1-4H3;1-2H3;3*2H,1H3;/i;1D,2D,3D;;3*2T;. The molecule has 0 spiro atoms. The highest BCUT2D eigenvalue weighted by Gasteiger charge is 2.48. The Hall–Kier alpha value is -2.88. The molecule has 5 amide bonds. The maximum atomic E-state index is 13.1. The molecule has 0 radical (unpaired) electrons. The number of aliphatic hydroxyl groups is 12.